The molecule has 0 spiro atoms. The van der Waals surface area contributed by atoms with Crippen LogP contribution >= 0.6 is 11.3 Å². The zero-order valence-corrected chi connectivity index (χ0v) is 13.8. The fraction of sp³-hybridized carbons (Fsp3) is 0.222. The largest absolute Gasteiger partial charge is 0.351 e. The molecule has 2 unspecified atom stereocenters. The summed E-state index contributed by atoms with van der Waals surface area (Å²) < 4.78 is 1.27. The van der Waals surface area contributed by atoms with Gasteiger partial charge in [0.2, 0.25) is 5.91 Å². The minimum Gasteiger partial charge on any atom is -0.351 e. The maximum absolute atomic E-state index is 12.4. The third kappa shape index (κ3) is 3.17. The normalized spacial score (nSPS) is 20.3. The Balaban J connectivity index is 1.35. The Morgan fingerprint density at radius 3 is 3.08 bits per heavy atom. The van der Waals surface area contributed by atoms with E-state index >= 15 is 0 Å². The standard InChI is InChI=1S/C18H18N4OS/c23-18(16-10-15(21-22-16)14-3-1-2-7-19-14)20-11-12-4-5-17-13(9-12)6-8-24-17/h1-9,15-16,21-22H,10-11H2,(H,20,23). The Morgan fingerprint density at radius 2 is 2.21 bits per heavy atom. The Morgan fingerprint density at radius 1 is 1.25 bits per heavy atom. The van der Waals surface area contributed by atoms with Crippen molar-refractivity contribution in [2.45, 2.75) is 25.0 Å². The highest BCUT2D eigenvalue weighted by Gasteiger charge is 2.30. The second-order valence-electron chi connectivity index (χ2n) is 5.89. The number of aromatic nitrogens is 1. The van der Waals surface area contributed by atoms with Crippen molar-refractivity contribution in [3.05, 3.63) is 65.3 Å². The second-order valence-corrected chi connectivity index (χ2v) is 6.84. The molecule has 3 N–H and O–H groups in total. The fourth-order valence-corrected chi connectivity index (χ4v) is 3.71. The van der Waals surface area contributed by atoms with Crippen molar-refractivity contribution in [3.63, 3.8) is 0 Å². The van der Waals surface area contributed by atoms with Gasteiger partial charge in [-0.3, -0.25) is 9.78 Å². The first-order valence-electron chi connectivity index (χ1n) is 7.95. The van der Waals surface area contributed by atoms with Crippen molar-refractivity contribution in [2.24, 2.45) is 0 Å². The van der Waals surface area contributed by atoms with Crippen molar-refractivity contribution in [2.75, 3.05) is 0 Å². The number of hydrogen-bond donors (Lipinski definition) is 3. The maximum atomic E-state index is 12.4. The van der Waals surface area contributed by atoms with Crippen LogP contribution in [0.15, 0.2) is 54.0 Å². The lowest BCUT2D eigenvalue weighted by molar-refractivity contribution is -0.123. The molecule has 0 aliphatic carbocycles. The van der Waals surface area contributed by atoms with Gasteiger partial charge in [0.05, 0.1) is 11.7 Å². The molecular formula is C18H18N4OS. The molecule has 1 saturated heterocycles. The number of benzene rings is 1. The highest BCUT2D eigenvalue weighted by Crippen LogP contribution is 2.22. The summed E-state index contributed by atoms with van der Waals surface area (Å²) in [4.78, 5) is 16.7. The third-order valence-corrected chi connectivity index (χ3v) is 5.15. The van der Waals surface area contributed by atoms with Gasteiger partial charge in [-0.2, -0.15) is 0 Å². The molecule has 0 saturated carbocycles. The number of hydrazine groups is 1. The number of nitrogens with zero attached hydrogens (tertiary/aromatic N) is 1. The summed E-state index contributed by atoms with van der Waals surface area (Å²) in [6.07, 6.45) is 2.46. The van der Waals surface area contributed by atoms with Crippen LogP contribution in [0.2, 0.25) is 0 Å². The highest BCUT2D eigenvalue weighted by molar-refractivity contribution is 7.17. The molecule has 3 heterocycles. The van der Waals surface area contributed by atoms with Crippen LogP contribution in [0.4, 0.5) is 0 Å². The summed E-state index contributed by atoms with van der Waals surface area (Å²) in [7, 11) is 0. The smallest absolute Gasteiger partial charge is 0.238 e. The summed E-state index contributed by atoms with van der Waals surface area (Å²) >= 11 is 1.73. The van der Waals surface area contributed by atoms with Crippen LogP contribution < -0.4 is 16.2 Å². The molecule has 4 rings (SSSR count). The number of pyridine rings is 1. The molecule has 24 heavy (non-hydrogen) atoms. The summed E-state index contributed by atoms with van der Waals surface area (Å²) in [5.74, 6) is 0.00588. The SMILES string of the molecule is O=C(NCc1ccc2sccc2c1)C1CC(c2ccccn2)NN1. The Labute approximate surface area is 144 Å². The van der Waals surface area contributed by atoms with E-state index in [1.165, 1.54) is 10.1 Å². The topological polar surface area (TPSA) is 66.0 Å². The Kier molecular flexibility index (Phi) is 4.25. The molecule has 1 amide bonds. The maximum Gasteiger partial charge on any atom is 0.238 e. The predicted octanol–water partition coefficient (Wildman–Crippen LogP) is 2.52. The van der Waals surface area contributed by atoms with Crippen LogP contribution in [0.25, 0.3) is 10.1 Å². The van der Waals surface area contributed by atoms with E-state index in [0.717, 1.165) is 11.3 Å². The molecule has 1 aliphatic heterocycles. The monoisotopic (exact) mass is 338 g/mol. The zero-order valence-electron chi connectivity index (χ0n) is 13.0. The van der Waals surface area contributed by atoms with E-state index in [0.29, 0.717) is 13.0 Å². The van der Waals surface area contributed by atoms with Crippen LogP contribution in [-0.2, 0) is 11.3 Å². The predicted molar refractivity (Wildman–Crippen MR) is 95.3 cm³/mol. The average molecular weight is 338 g/mol. The quantitative estimate of drug-likeness (QED) is 0.684. The highest BCUT2D eigenvalue weighted by atomic mass is 32.1. The third-order valence-electron chi connectivity index (χ3n) is 4.25. The number of hydrogen-bond acceptors (Lipinski definition) is 5. The lowest BCUT2D eigenvalue weighted by atomic mass is 10.1. The first-order chi connectivity index (χ1) is 11.8. The summed E-state index contributed by atoms with van der Waals surface area (Å²) in [6.45, 7) is 0.539. The van der Waals surface area contributed by atoms with Gasteiger partial charge in [0, 0.05) is 17.4 Å². The van der Waals surface area contributed by atoms with Crippen molar-refractivity contribution in [1.29, 1.82) is 0 Å². The van der Waals surface area contributed by atoms with Crippen LogP contribution in [-0.4, -0.2) is 16.9 Å². The first kappa shape index (κ1) is 15.3. The van der Waals surface area contributed by atoms with Gasteiger partial charge in [-0.1, -0.05) is 12.1 Å². The molecule has 2 aromatic heterocycles. The molecule has 0 radical (unpaired) electrons. The van der Waals surface area contributed by atoms with Crippen LogP contribution in [0.1, 0.15) is 23.7 Å². The van der Waals surface area contributed by atoms with E-state index in [9.17, 15) is 4.79 Å². The number of nitrogens with one attached hydrogen (secondary N) is 3. The van der Waals surface area contributed by atoms with Gasteiger partial charge in [0.15, 0.2) is 0 Å². The number of carbonyl (C=O) groups is 1. The lowest BCUT2D eigenvalue weighted by Crippen LogP contribution is -2.42. The van der Waals surface area contributed by atoms with Gasteiger partial charge in [-0.15, -0.1) is 11.3 Å². The molecule has 1 aromatic carbocycles. The molecule has 3 aromatic rings. The van der Waals surface area contributed by atoms with Gasteiger partial charge in [-0.05, 0) is 53.1 Å². The van der Waals surface area contributed by atoms with E-state index in [2.05, 4.69) is 50.8 Å². The van der Waals surface area contributed by atoms with Crippen molar-refractivity contribution in [1.82, 2.24) is 21.2 Å². The van der Waals surface area contributed by atoms with Crippen LogP contribution in [0.3, 0.4) is 0 Å². The number of thiophene rings is 1. The number of amides is 1. The number of rotatable bonds is 4. The first-order valence-corrected chi connectivity index (χ1v) is 8.83. The summed E-state index contributed by atoms with van der Waals surface area (Å²) in [6, 6.07) is 14.0. The van der Waals surface area contributed by atoms with E-state index in [4.69, 9.17) is 0 Å². The van der Waals surface area contributed by atoms with Crippen LogP contribution in [0.5, 0.6) is 0 Å². The summed E-state index contributed by atoms with van der Waals surface area (Å²) in [5.41, 5.74) is 8.28. The van der Waals surface area contributed by atoms with E-state index < -0.39 is 0 Å². The number of carbonyl (C=O) groups excluding carboxylic acids is 1. The van der Waals surface area contributed by atoms with E-state index in [1.54, 1.807) is 17.5 Å². The molecule has 2 atom stereocenters. The van der Waals surface area contributed by atoms with Crippen molar-refractivity contribution < 1.29 is 4.79 Å². The summed E-state index contributed by atoms with van der Waals surface area (Å²) in [5, 5.41) is 6.32. The lowest BCUT2D eigenvalue weighted by Gasteiger charge is -2.11. The Hall–Kier alpha value is -2.28. The number of fused-ring (bicyclic) bond motifs is 1. The molecular weight excluding hydrogens is 320 g/mol. The molecule has 122 valence electrons. The van der Waals surface area contributed by atoms with Crippen LogP contribution in [0, 0.1) is 0 Å². The molecule has 1 fully saturated rings. The van der Waals surface area contributed by atoms with Crippen molar-refractivity contribution in [3.8, 4) is 0 Å². The molecule has 6 heteroatoms. The van der Waals surface area contributed by atoms with Gasteiger partial charge < -0.3 is 5.32 Å². The fourth-order valence-electron chi connectivity index (χ4n) is 2.94. The second kappa shape index (κ2) is 6.68. The van der Waals surface area contributed by atoms with Gasteiger partial charge in [0.25, 0.3) is 0 Å². The molecule has 5 nitrogen and oxygen atoms in total. The van der Waals surface area contributed by atoms with Gasteiger partial charge in [-0.25, -0.2) is 10.9 Å². The van der Waals surface area contributed by atoms with E-state index in [1.807, 2.05) is 18.2 Å². The zero-order chi connectivity index (χ0) is 16.4. The van der Waals surface area contributed by atoms with Gasteiger partial charge >= 0.3 is 0 Å². The molecule has 1 aliphatic rings. The molecule has 0 bridgehead atoms. The van der Waals surface area contributed by atoms with Crippen molar-refractivity contribution >= 4 is 27.3 Å². The van der Waals surface area contributed by atoms with E-state index in [-0.39, 0.29) is 18.0 Å². The average Bonchev–Trinajstić information content (AvgIpc) is 3.29. The Bertz CT molecular complexity index is 848. The minimum absolute atomic E-state index is 0.00588. The minimum atomic E-state index is -0.248. The van der Waals surface area contributed by atoms with Gasteiger partial charge in [0.1, 0.15) is 6.04 Å².